The zero-order valence-corrected chi connectivity index (χ0v) is 17.9. The number of aliphatic imine (C=N–C) groups is 1. The molecule has 0 amide bonds. The lowest BCUT2D eigenvalue weighted by molar-refractivity contribution is -0.0913. The fraction of sp³-hybridized carbons (Fsp3) is 0.269. The van der Waals surface area contributed by atoms with E-state index in [-0.39, 0.29) is 23.0 Å². The van der Waals surface area contributed by atoms with Gasteiger partial charge >= 0.3 is 0 Å². The number of aromatic hydroxyl groups is 2. The van der Waals surface area contributed by atoms with Gasteiger partial charge in [-0.15, -0.1) is 0 Å². The van der Waals surface area contributed by atoms with Gasteiger partial charge in [0.1, 0.15) is 23.4 Å². The smallest absolute Gasteiger partial charge is 0.185 e. The van der Waals surface area contributed by atoms with E-state index < -0.39 is 12.4 Å². The van der Waals surface area contributed by atoms with Crippen molar-refractivity contribution in [3.05, 3.63) is 89.5 Å². The maximum Gasteiger partial charge on any atom is 0.185 e. The Bertz CT molecular complexity index is 1170. The maximum atomic E-state index is 10.7. The van der Waals surface area contributed by atoms with Gasteiger partial charge in [0.2, 0.25) is 0 Å². The molecule has 31 heavy (non-hydrogen) atoms. The first kappa shape index (κ1) is 19.6. The molecule has 0 aliphatic carbocycles. The summed E-state index contributed by atoms with van der Waals surface area (Å²) in [5.41, 5.74) is 3.19. The summed E-state index contributed by atoms with van der Waals surface area (Å²) in [6.45, 7) is 6.43. The number of ether oxygens (including phenoxy) is 1. The molecule has 5 rings (SSSR count). The predicted molar refractivity (Wildman–Crippen MR) is 120 cm³/mol. The van der Waals surface area contributed by atoms with Gasteiger partial charge in [0.25, 0.3) is 0 Å². The fourth-order valence-corrected chi connectivity index (χ4v) is 4.79. The molecule has 3 aromatic carbocycles. The quantitative estimate of drug-likeness (QED) is 0.562. The Kier molecular flexibility index (Phi) is 4.52. The van der Waals surface area contributed by atoms with Crippen molar-refractivity contribution >= 4 is 5.71 Å². The molecular weight excluding hydrogens is 388 g/mol. The number of hydrogen-bond donors (Lipinski definition) is 2. The second kappa shape index (κ2) is 7.13. The van der Waals surface area contributed by atoms with Gasteiger partial charge in [0.05, 0.1) is 6.04 Å². The number of benzene rings is 3. The number of rotatable bonds is 2. The summed E-state index contributed by atoms with van der Waals surface area (Å²) in [6, 6.07) is 22.5. The average molecular weight is 415 g/mol. The number of nitrogens with zero attached hydrogens (tertiary/aromatic N) is 2. The minimum Gasteiger partial charge on any atom is -0.508 e. The lowest BCUT2D eigenvalue weighted by Crippen LogP contribution is -2.52. The lowest BCUT2D eigenvalue weighted by Gasteiger charge is -2.54. The van der Waals surface area contributed by atoms with E-state index in [4.69, 9.17) is 9.73 Å². The molecule has 0 fully saturated rings. The normalized spacial score (nSPS) is 24.5. The fourth-order valence-electron chi connectivity index (χ4n) is 4.79. The maximum absolute atomic E-state index is 10.7. The van der Waals surface area contributed by atoms with E-state index in [2.05, 4.69) is 31.7 Å². The van der Waals surface area contributed by atoms with Crippen LogP contribution in [0, 0.1) is 5.41 Å². The Morgan fingerprint density at radius 1 is 0.806 bits per heavy atom. The van der Waals surface area contributed by atoms with E-state index in [1.807, 2.05) is 48.5 Å². The molecule has 5 nitrogen and oxygen atoms in total. The Labute approximate surface area is 182 Å². The Morgan fingerprint density at radius 3 is 2.00 bits per heavy atom. The van der Waals surface area contributed by atoms with Crippen molar-refractivity contribution in [2.75, 3.05) is 0 Å². The van der Waals surface area contributed by atoms with Gasteiger partial charge in [-0.2, -0.15) is 0 Å². The van der Waals surface area contributed by atoms with Gasteiger partial charge in [0.15, 0.2) is 6.23 Å². The Morgan fingerprint density at radius 2 is 1.35 bits per heavy atom. The Balaban J connectivity index is 1.79. The van der Waals surface area contributed by atoms with Crippen LogP contribution in [-0.2, 0) is 0 Å². The number of hydrogen-bond acceptors (Lipinski definition) is 5. The molecule has 2 heterocycles. The van der Waals surface area contributed by atoms with Crippen LogP contribution in [0.25, 0.3) is 0 Å². The second-order valence-corrected chi connectivity index (χ2v) is 8.79. The highest BCUT2D eigenvalue weighted by Crippen LogP contribution is 2.57. The molecule has 3 aromatic rings. The van der Waals surface area contributed by atoms with E-state index in [0.717, 1.165) is 17.0 Å². The van der Waals surface area contributed by atoms with Crippen LogP contribution in [0.4, 0.5) is 0 Å². The molecule has 0 spiro atoms. The minimum atomic E-state index is -0.568. The molecule has 3 atom stereocenters. The SMILES string of the molecule is CC1=NC(c2ccccc2O)N2C(c3ccccc3O)Oc3ccccc3C2C1(C)C. The van der Waals surface area contributed by atoms with E-state index in [1.165, 1.54) is 0 Å². The summed E-state index contributed by atoms with van der Waals surface area (Å²) >= 11 is 0. The van der Waals surface area contributed by atoms with E-state index in [1.54, 1.807) is 18.2 Å². The monoisotopic (exact) mass is 414 g/mol. The summed E-state index contributed by atoms with van der Waals surface area (Å²) in [5, 5.41) is 21.4. The number of phenolic OH excluding ortho intramolecular Hbond substituents is 2. The average Bonchev–Trinajstić information content (AvgIpc) is 2.76. The topological polar surface area (TPSA) is 65.3 Å². The van der Waals surface area contributed by atoms with Crippen molar-refractivity contribution in [1.29, 1.82) is 0 Å². The molecule has 0 saturated carbocycles. The minimum absolute atomic E-state index is 0.0656. The van der Waals surface area contributed by atoms with Crippen molar-refractivity contribution in [2.45, 2.75) is 39.2 Å². The van der Waals surface area contributed by atoms with Gasteiger partial charge in [-0.3, -0.25) is 4.99 Å². The standard InChI is InChI=1S/C26H26N2O3/c1-16-26(2,3)23-19-12-6-9-15-22(19)31-25(18-11-5-8-14-21(18)30)28(23)24(27-16)17-10-4-7-13-20(17)29/h4-15,23-25,29-30H,1-3H3. The number of fused-ring (bicyclic) bond motifs is 3. The van der Waals surface area contributed by atoms with Crippen molar-refractivity contribution in [2.24, 2.45) is 10.4 Å². The predicted octanol–water partition coefficient (Wildman–Crippen LogP) is 5.73. The molecule has 0 radical (unpaired) electrons. The third kappa shape index (κ3) is 3.00. The molecule has 0 bridgehead atoms. The summed E-state index contributed by atoms with van der Waals surface area (Å²) in [7, 11) is 0. The zero-order chi connectivity index (χ0) is 21.8. The Hall–Kier alpha value is -3.31. The molecule has 3 unspecified atom stereocenters. The van der Waals surface area contributed by atoms with Crippen LogP contribution in [-0.4, -0.2) is 20.8 Å². The first-order chi connectivity index (χ1) is 14.9. The molecule has 2 N–H and O–H groups in total. The highest BCUT2D eigenvalue weighted by atomic mass is 16.5. The van der Waals surface area contributed by atoms with Crippen molar-refractivity contribution in [1.82, 2.24) is 4.90 Å². The highest BCUT2D eigenvalue weighted by Gasteiger charge is 2.52. The largest absolute Gasteiger partial charge is 0.508 e. The first-order valence-electron chi connectivity index (χ1n) is 10.5. The third-order valence-corrected chi connectivity index (χ3v) is 6.65. The summed E-state index contributed by atoms with van der Waals surface area (Å²) in [5.74, 6) is 1.17. The third-order valence-electron chi connectivity index (χ3n) is 6.65. The molecule has 5 heteroatoms. The van der Waals surface area contributed by atoms with Crippen LogP contribution >= 0.6 is 0 Å². The first-order valence-corrected chi connectivity index (χ1v) is 10.5. The van der Waals surface area contributed by atoms with Gasteiger partial charge < -0.3 is 14.9 Å². The van der Waals surface area contributed by atoms with E-state index >= 15 is 0 Å². The van der Waals surface area contributed by atoms with Crippen LogP contribution in [0.3, 0.4) is 0 Å². The molecule has 2 aliphatic heterocycles. The van der Waals surface area contributed by atoms with Crippen molar-refractivity contribution in [3.63, 3.8) is 0 Å². The summed E-state index contributed by atoms with van der Waals surface area (Å²) < 4.78 is 6.50. The zero-order valence-electron chi connectivity index (χ0n) is 17.9. The van der Waals surface area contributed by atoms with Crippen LogP contribution in [0.5, 0.6) is 17.2 Å². The number of para-hydroxylation sites is 3. The van der Waals surface area contributed by atoms with Crippen molar-refractivity contribution in [3.8, 4) is 17.2 Å². The number of phenols is 2. The molecule has 0 aromatic heterocycles. The highest BCUT2D eigenvalue weighted by molar-refractivity contribution is 5.89. The van der Waals surface area contributed by atoms with Gasteiger partial charge in [-0.1, -0.05) is 68.4 Å². The van der Waals surface area contributed by atoms with E-state index in [9.17, 15) is 10.2 Å². The summed E-state index contributed by atoms with van der Waals surface area (Å²) in [4.78, 5) is 7.23. The van der Waals surface area contributed by atoms with Gasteiger partial charge in [-0.25, -0.2) is 4.90 Å². The van der Waals surface area contributed by atoms with Crippen LogP contribution in [0.1, 0.15) is 55.9 Å². The second-order valence-electron chi connectivity index (χ2n) is 8.79. The van der Waals surface area contributed by atoms with Crippen LogP contribution in [0.15, 0.2) is 77.8 Å². The van der Waals surface area contributed by atoms with Gasteiger partial charge in [-0.05, 0) is 25.1 Å². The molecule has 158 valence electrons. The molecule has 0 saturated heterocycles. The van der Waals surface area contributed by atoms with Gasteiger partial charge in [0, 0.05) is 27.8 Å². The lowest BCUT2D eigenvalue weighted by atomic mass is 9.73. The van der Waals surface area contributed by atoms with E-state index in [0.29, 0.717) is 11.1 Å². The molecule has 2 aliphatic rings. The summed E-state index contributed by atoms with van der Waals surface area (Å²) in [6.07, 6.45) is -1.03. The van der Waals surface area contributed by atoms with Crippen molar-refractivity contribution < 1.29 is 14.9 Å². The van der Waals surface area contributed by atoms with Crippen LogP contribution < -0.4 is 4.74 Å². The molecular formula is C26H26N2O3. The van der Waals surface area contributed by atoms with Crippen LogP contribution in [0.2, 0.25) is 0 Å².